The monoisotopic (exact) mass is 154 g/mol. The van der Waals surface area contributed by atoms with Crippen LogP contribution in [-0.2, 0) is 4.74 Å². The number of hydrogen-bond acceptors (Lipinski definition) is 1. The number of allylic oxidation sites excluding steroid dienone is 2. The van der Waals surface area contributed by atoms with Crippen LogP contribution >= 0.6 is 0 Å². The average molecular weight is 154 g/mol. The largest absolute Gasteiger partial charge is 0.441 e. The van der Waals surface area contributed by atoms with Crippen LogP contribution < -0.4 is 5.32 Å². The molecule has 0 saturated heterocycles. The average Bonchev–Trinajstić information content (AvgIpc) is 2.46. The lowest BCUT2D eigenvalue weighted by molar-refractivity contribution is -0.665. The van der Waals surface area contributed by atoms with Crippen LogP contribution in [0.25, 0.3) is 0 Å². The van der Waals surface area contributed by atoms with E-state index in [9.17, 15) is 0 Å². The number of ether oxygens (including phenoxy) is 1. The summed E-state index contributed by atoms with van der Waals surface area (Å²) in [5, 5.41) is 2.31. The maximum atomic E-state index is 5.74. The zero-order chi connectivity index (χ0) is 7.68. The minimum atomic E-state index is 0.401. The van der Waals surface area contributed by atoms with Crippen LogP contribution in [0.1, 0.15) is 39.0 Å². The van der Waals surface area contributed by atoms with Gasteiger partial charge in [0.1, 0.15) is 5.70 Å². The van der Waals surface area contributed by atoms with Gasteiger partial charge < -0.3 is 4.74 Å². The van der Waals surface area contributed by atoms with Crippen molar-refractivity contribution in [1.29, 1.82) is 0 Å². The Balaban J connectivity index is 2.03. The van der Waals surface area contributed by atoms with E-state index in [1.807, 2.05) is 0 Å². The maximum Gasteiger partial charge on any atom is 0.234 e. The van der Waals surface area contributed by atoms with E-state index < -0.39 is 0 Å². The summed E-state index contributed by atoms with van der Waals surface area (Å²) in [5.41, 5.74) is 1.50. The van der Waals surface area contributed by atoms with Crippen molar-refractivity contribution >= 4 is 0 Å². The van der Waals surface area contributed by atoms with Gasteiger partial charge in [0.25, 0.3) is 0 Å². The molecule has 0 amide bonds. The Hall–Kier alpha value is -0.500. The number of rotatable bonds is 1. The van der Waals surface area contributed by atoms with Gasteiger partial charge in [0.15, 0.2) is 5.76 Å². The van der Waals surface area contributed by atoms with Gasteiger partial charge in [-0.05, 0) is 12.8 Å². The van der Waals surface area contributed by atoms with E-state index in [0.717, 1.165) is 6.42 Å². The lowest BCUT2D eigenvalue weighted by Crippen LogP contribution is -2.86. The van der Waals surface area contributed by atoms with Gasteiger partial charge in [-0.1, -0.05) is 6.92 Å². The van der Waals surface area contributed by atoms with Crippen LogP contribution in [0.3, 0.4) is 0 Å². The van der Waals surface area contributed by atoms with Gasteiger partial charge in [-0.15, -0.1) is 0 Å². The van der Waals surface area contributed by atoms with E-state index >= 15 is 0 Å². The van der Waals surface area contributed by atoms with Crippen molar-refractivity contribution in [2.45, 2.75) is 45.3 Å². The van der Waals surface area contributed by atoms with Crippen molar-refractivity contribution < 1.29 is 10.1 Å². The van der Waals surface area contributed by atoms with E-state index in [1.165, 1.54) is 37.1 Å². The molecule has 1 heterocycles. The van der Waals surface area contributed by atoms with Crippen molar-refractivity contribution in [3.63, 3.8) is 0 Å². The zero-order valence-electron chi connectivity index (χ0n) is 7.10. The molecular formula is C9H16NO+. The van der Waals surface area contributed by atoms with Gasteiger partial charge >= 0.3 is 0 Å². The van der Waals surface area contributed by atoms with E-state index in [4.69, 9.17) is 4.74 Å². The smallest absolute Gasteiger partial charge is 0.234 e. The summed E-state index contributed by atoms with van der Waals surface area (Å²) in [5.74, 6) is 1.29. The summed E-state index contributed by atoms with van der Waals surface area (Å²) >= 11 is 0. The maximum absolute atomic E-state index is 5.74. The first-order chi connectivity index (χ1) is 5.40. The third kappa shape index (κ3) is 1.27. The molecule has 1 unspecified atom stereocenters. The van der Waals surface area contributed by atoms with Gasteiger partial charge in [0.2, 0.25) is 6.23 Å². The summed E-state index contributed by atoms with van der Waals surface area (Å²) in [6.07, 6.45) is 6.64. The summed E-state index contributed by atoms with van der Waals surface area (Å²) in [6, 6.07) is 0. The molecule has 0 spiro atoms. The van der Waals surface area contributed by atoms with Crippen molar-refractivity contribution in [1.82, 2.24) is 0 Å². The highest BCUT2D eigenvalue weighted by Gasteiger charge is 2.29. The summed E-state index contributed by atoms with van der Waals surface area (Å²) in [6.45, 7) is 2.18. The van der Waals surface area contributed by atoms with Gasteiger partial charge in [-0.2, -0.15) is 0 Å². The second-order valence-electron chi connectivity index (χ2n) is 3.39. The van der Waals surface area contributed by atoms with Gasteiger partial charge in [0, 0.05) is 19.3 Å². The van der Waals surface area contributed by atoms with Crippen LogP contribution in [0, 0.1) is 0 Å². The molecule has 1 aliphatic heterocycles. The molecule has 0 aromatic carbocycles. The van der Waals surface area contributed by atoms with Crippen molar-refractivity contribution in [2.75, 3.05) is 0 Å². The first-order valence-electron chi connectivity index (χ1n) is 4.63. The van der Waals surface area contributed by atoms with Gasteiger partial charge in [-0.25, -0.2) is 0 Å². The highest BCUT2D eigenvalue weighted by molar-refractivity contribution is 5.05. The molecule has 0 aromatic heterocycles. The van der Waals surface area contributed by atoms with Crippen molar-refractivity contribution in [3.8, 4) is 0 Å². The molecule has 2 nitrogen and oxygen atoms in total. The third-order valence-corrected chi connectivity index (χ3v) is 2.54. The zero-order valence-corrected chi connectivity index (χ0v) is 7.10. The Morgan fingerprint density at radius 2 is 2.27 bits per heavy atom. The SMILES string of the molecule is CCC1[NH2+]C2=C(CCCC2)O1. The first kappa shape index (κ1) is 7.17. The predicted octanol–water partition coefficient (Wildman–Crippen LogP) is 1.10. The molecule has 0 aromatic rings. The number of quaternary nitrogens is 1. The highest BCUT2D eigenvalue weighted by atomic mass is 16.5. The van der Waals surface area contributed by atoms with Crippen LogP contribution in [0.5, 0.6) is 0 Å². The topological polar surface area (TPSA) is 25.8 Å². The summed E-state index contributed by atoms with van der Waals surface area (Å²) in [4.78, 5) is 0. The van der Waals surface area contributed by atoms with Crippen LogP contribution in [0.2, 0.25) is 0 Å². The molecule has 0 bridgehead atoms. The van der Waals surface area contributed by atoms with Gasteiger partial charge in [0.05, 0.1) is 0 Å². The minimum absolute atomic E-state index is 0.401. The van der Waals surface area contributed by atoms with E-state index in [2.05, 4.69) is 12.2 Å². The fourth-order valence-electron chi connectivity index (χ4n) is 1.85. The fraction of sp³-hybridized carbons (Fsp3) is 0.778. The van der Waals surface area contributed by atoms with Crippen LogP contribution in [0.15, 0.2) is 11.5 Å². The molecule has 0 saturated carbocycles. The molecule has 2 N–H and O–H groups in total. The molecule has 62 valence electrons. The Morgan fingerprint density at radius 1 is 1.45 bits per heavy atom. The first-order valence-corrected chi connectivity index (χ1v) is 4.63. The summed E-state index contributed by atoms with van der Waals surface area (Å²) in [7, 11) is 0. The van der Waals surface area contributed by atoms with Gasteiger partial charge in [-0.3, -0.25) is 5.32 Å². The Kier molecular flexibility index (Phi) is 1.86. The minimum Gasteiger partial charge on any atom is -0.441 e. The second kappa shape index (κ2) is 2.86. The number of nitrogens with two attached hydrogens (primary N) is 1. The summed E-state index contributed by atoms with van der Waals surface area (Å²) < 4.78 is 5.74. The normalized spacial score (nSPS) is 30.1. The Morgan fingerprint density at radius 3 is 3.00 bits per heavy atom. The molecule has 11 heavy (non-hydrogen) atoms. The van der Waals surface area contributed by atoms with E-state index in [0.29, 0.717) is 6.23 Å². The lowest BCUT2D eigenvalue weighted by atomic mass is 10.0. The molecule has 0 radical (unpaired) electrons. The fourth-order valence-corrected chi connectivity index (χ4v) is 1.85. The Labute approximate surface area is 67.6 Å². The molecule has 0 fully saturated rings. The molecule has 1 aliphatic carbocycles. The molecule has 2 heteroatoms. The van der Waals surface area contributed by atoms with E-state index in [-0.39, 0.29) is 0 Å². The second-order valence-corrected chi connectivity index (χ2v) is 3.39. The molecule has 2 rings (SSSR count). The third-order valence-electron chi connectivity index (χ3n) is 2.54. The molecule has 1 atom stereocenters. The van der Waals surface area contributed by atoms with Crippen molar-refractivity contribution in [3.05, 3.63) is 11.5 Å². The lowest BCUT2D eigenvalue weighted by Gasteiger charge is -2.07. The Bertz CT molecular complexity index is 168. The van der Waals surface area contributed by atoms with Crippen LogP contribution in [-0.4, -0.2) is 6.23 Å². The van der Waals surface area contributed by atoms with E-state index in [1.54, 1.807) is 0 Å². The highest BCUT2D eigenvalue weighted by Crippen LogP contribution is 2.25. The predicted molar refractivity (Wildman–Crippen MR) is 42.6 cm³/mol. The molecular weight excluding hydrogens is 138 g/mol. The standard InChI is InChI=1S/C9H15NO/c1-2-9-10-7-5-3-4-6-8(7)11-9/h9-10H,2-6H2,1H3/p+1. The van der Waals surface area contributed by atoms with Crippen LogP contribution in [0.4, 0.5) is 0 Å². The quantitative estimate of drug-likeness (QED) is 0.601. The van der Waals surface area contributed by atoms with Crippen molar-refractivity contribution in [2.24, 2.45) is 0 Å². The molecule has 2 aliphatic rings. The number of hydrogen-bond donors (Lipinski definition) is 1.